The molecule has 1 aromatic heterocycles. The van der Waals surface area contributed by atoms with Crippen LogP contribution in [-0.4, -0.2) is 68.8 Å². The highest BCUT2D eigenvalue weighted by Crippen LogP contribution is 2.21. The first-order valence-electron chi connectivity index (χ1n) is 10.5. The largest absolute Gasteiger partial charge is 0.454 e. The molecule has 3 rings (SSSR count). The predicted octanol–water partition coefficient (Wildman–Crippen LogP) is 1.22. The summed E-state index contributed by atoms with van der Waals surface area (Å²) in [6, 6.07) is 9.10. The molecule has 0 radical (unpaired) electrons. The molecule has 2 N–H and O–H groups in total. The highest BCUT2D eigenvalue weighted by Gasteiger charge is 2.30. The molecule has 2 amide bonds. The van der Waals surface area contributed by atoms with Crippen molar-refractivity contribution in [1.29, 1.82) is 0 Å². The van der Waals surface area contributed by atoms with Crippen LogP contribution in [-0.2, 0) is 21.3 Å². The van der Waals surface area contributed by atoms with E-state index in [0.717, 1.165) is 13.1 Å². The van der Waals surface area contributed by atoms with Gasteiger partial charge < -0.3 is 9.15 Å². The number of benzene rings is 1. The molecule has 2 aromatic rings. The van der Waals surface area contributed by atoms with Crippen molar-refractivity contribution in [2.24, 2.45) is 0 Å². The minimum absolute atomic E-state index is 0.0432. The summed E-state index contributed by atoms with van der Waals surface area (Å²) in [6.07, 6.45) is 0. The van der Waals surface area contributed by atoms with E-state index < -0.39 is 21.8 Å². The number of hydrogen-bond acceptors (Lipinski definition) is 7. The average molecular weight is 465 g/mol. The van der Waals surface area contributed by atoms with E-state index in [-0.39, 0.29) is 29.3 Å². The molecule has 1 fully saturated rings. The molecular formula is C21H28N4O6S. The lowest BCUT2D eigenvalue weighted by atomic mass is 10.2. The van der Waals surface area contributed by atoms with Gasteiger partial charge in [-0.25, -0.2) is 8.42 Å². The number of nitrogens with zero attached hydrogens (tertiary/aromatic N) is 2. The fourth-order valence-electron chi connectivity index (χ4n) is 3.30. The zero-order valence-electron chi connectivity index (χ0n) is 18.2. The van der Waals surface area contributed by atoms with Gasteiger partial charge in [0.05, 0.1) is 30.2 Å². The quantitative estimate of drug-likeness (QED) is 0.564. The minimum atomic E-state index is -3.89. The molecule has 32 heavy (non-hydrogen) atoms. The van der Waals surface area contributed by atoms with Gasteiger partial charge in [-0.1, -0.05) is 26.0 Å². The number of nitrogens with one attached hydrogen (secondary N) is 2. The third-order valence-electron chi connectivity index (χ3n) is 5.17. The Kier molecular flexibility index (Phi) is 8.02. The van der Waals surface area contributed by atoms with E-state index in [2.05, 4.69) is 15.8 Å². The molecular weight excluding hydrogens is 436 g/mol. The molecule has 10 nitrogen and oxygen atoms in total. The summed E-state index contributed by atoms with van der Waals surface area (Å²) >= 11 is 0. The van der Waals surface area contributed by atoms with Gasteiger partial charge in [-0.3, -0.25) is 25.3 Å². The molecule has 1 saturated heterocycles. The summed E-state index contributed by atoms with van der Waals surface area (Å²) in [4.78, 5) is 27.1. The number of carbonyl (C=O) groups is 2. The van der Waals surface area contributed by atoms with Crippen LogP contribution in [0.4, 0.5) is 0 Å². The SMILES string of the molecule is CCN(CC)Cc1ccc(C(=O)NNC(=O)c2ccccc2S(=O)(=O)N2CCOCC2)o1. The number of furan rings is 1. The Morgan fingerprint density at radius 3 is 2.34 bits per heavy atom. The van der Waals surface area contributed by atoms with Gasteiger partial charge in [0, 0.05) is 13.1 Å². The Labute approximate surface area is 187 Å². The number of rotatable bonds is 8. The first-order chi connectivity index (χ1) is 15.4. The molecule has 0 spiro atoms. The number of hydrazine groups is 1. The maximum Gasteiger partial charge on any atom is 0.305 e. The topological polar surface area (TPSA) is 121 Å². The third kappa shape index (κ3) is 5.54. The van der Waals surface area contributed by atoms with Crippen molar-refractivity contribution in [3.8, 4) is 0 Å². The molecule has 0 saturated carbocycles. The minimum Gasteiger partial charge on any atom is -0.454 e. The fraction of sp³-hybridized carbons (Fsp3) is 0.429. The normalized spacial score (nSPS) is 15.0. The number of ether oxygens (including phenoxy) is 1. The smallest absolute Gasteiger partial charge is 0.305 e. The summed E-state index contributed by atoms with van der Waals surface area (Å²) < 4.78 is 38.0. The second kappa shape index (κ2) is 10.7. The molecule has 174 valence electrons. The van der Waals surface area contributed by atoms with Crippen LogP contribution in [0, 0.1) is 0 Å². The van der Waals surface area contributed by atoms with E-state index in [1.807, 2.05) is 13.8 Å². The standard InChI is InChI=1S/C21H28N4O6S/c1-3-24(4-2)15-16-9-10-18(31-16)21(27)23-22-20(26)17-7-5-6-8-19(17)32(28,29)25-11-13-30-14-12-25/h5-10H,3-4,11-15H2,1-2H3,(H,22,26)(H,23,27). The van der Waals surface area contributed by atoms with Crippen molar-refractivity contribution in [1.82, 2.24) is 20.1 Å². The molecule has 1 aromatic carbocycles. The summed E-state index contributed by atoms with van der Waals surface area (Å²) in [5.74, 6) is -0.716. The number of carbonyl (C=O) groups excluding carboxylic acids is 2. The van der Waals surface area contributed by atoms with Crippen LogP contribution >= 0.6 is 0 Å². The number of morpholine rings is 1. The van der Waals surface area contributed by atoms with Gasteiger partial charge in [0.15, 0.2) is 5.76 Å². The summed E-state index contributed by atoms with van der Waals surface area (Å²) in [5.41, 5.74) is 4.48. The van der Waals surface area contributed by atoms with Crippen LogP contribution in [0.2, 0.25) is 0 Å². The van der Waals surface area contributed by atoms with Crippen LogP contribution in [0.25, 0.3) is 0 Å². The van der Waals surface area contributed by atoms with Gasteiger partial charge in [0.1, 0.15) is 5.76 Å². The van der Waals surface area contributed by atoms with Gasteiger partial charge in [-0.05, 0) is 37.4 Å². The summed E-state index contributed by atoms with van der Waals surface area (Å²) in [5, 5.41) is 0. The number of sulfonamides is 1. The second-order valence-corrected chi connectivity index (χ2v) is 9.05. The van der Waals surface area contributed by atoms with E-state index in [1.54, 1.807) is 18.2 Å². The average Bonchev–Trinajstić information content (AvgIpc) is 3.30. The maximum atomic E-state index is 13.0. The lowest BCUT2D eigenvalue weighted by Crippen LogP contribution is -2.43. The van der Waals surface area contributed by atoms with Crippen molar-refractivity contribution in [3.63, 3.8) is 0 Å². The monoisotopic (exact) mass is 464 g/mol. The first-order valence-corrected chi connectivity index (χ1v) is 11.9. The van der Waals surface area contributed by atoms with Crippen LogP contribution in [0.3, 0.4) is 0 Å². The van der Waals surface area contributed by atoms with Gasteiger partial charge in [-0.15, -0.1) is 0 Å². The summed E-state index contributed by atoms with van der Waals surface area (Å²) in [6.45, 7) is 7.35. The maximum absolute atomic E-state index is 13.0. The Morgan fingerprint density at radius 2 is 1.66 bits per heavy atom. The number of hydrogen-bond donors (Lipinski definition) is 2. The van der Waals surface area contributed by atoms with Crippen LogP contribution < -0.4 is 10.9 Å². The van der Waals surface area contributed by atoms with Gasteiger partial charge in [-0.2, -0.15) is 4.31 Å². The lowest BCUT2D eigenvalue weighted by Gasteiger charge is -2.26. The van der Waals surface area contributed by atoms with E-state index in [9.17, 15) is 18.0 Å². The second-order valence-electron chi connectivity index (χ2n) is 7.15. The molecule has 1 aliphatic heterocycles. The molecule has 2 heterocycles. The van der Waals surface area contributed by atoms with E-state index in [4.69, 9.17) is 9.15 Å². The highest BCUT2D eigenvalue weighted by molar-refractivity contribution is 7.89. The van der Waals surface area contributed by atoms with Gasteiger partial charge in [0.25, 0.3) is 5.91 Å². The van der Waals surface area contributed by atoms with Crippen molar-refractivity contribution in [2.75, 3.05) is 39.4 Å². The van der Waals surface area contributed by atoms with Crippen molar-refractivity contribution in [3.05, 3.63) is 53.5 Å². The predicted molar refractivity (Wildman–Crippen MR) is 116 cm³/mol. The molecule has 0 atom stereocenters. The van der Waals surface area contributed by atoms with Crippen LogP contribution in [0.5, 0.6) is 0 Å². The lowest BCUT2D eigenvalue weighted by molar-refractivity contribution is 0.0729. The van der Waals surface area contributed by atoms with Crippen LogP contribution in [0.15, 0.2) is 45.7 Å². The van der Waals surface area contributed by atoms with Crippen molar-refractivity contribution < 1.29 is 27.2 Å². The third-order valence-corrected chi connectivity index (χ3v) is 7.13. The Hall–Kier alpha value is -2.73. The molecule has 0 unspecified atom stereocenters. The molecule has 0 bridgehead atoms. The zero-order chi connectivity index (χ0) is 23.1. The van der Waals surface area contributed by atoms with Crippen LogP contribution in [0.1, 0.15) is 40.5 Å². The Bertz CT molecular complexity index is 1040. The summed E-state index contributed by atoms with van der Waals surface area (Å²) in [7, 11) is -3.89. The van der Waals surface area contributed by atoms with Gasteiger partial charge in [0.2, 0.25) is 10.0 Å². The number of amides is 2. The first kappa shape index (κ1) is 23.9. The van der Waals surface area contributed by atoms with Crippen molar-refractivity contribution >= 4 is 21.8 Å². The van der Waals surface area contributed by atoms with Gasteiger partial charge >= 0.3 is 5.91 Å². The molecule has 11 heteroatoms. The van der Waals surface area contributed by atoms with E-state index in [0.29, 0.717) is 25.5 Å². The Balaban J connectivity index is 1.67. The van der Waals surface area contributed by atoms with E-state index >= 15 is 0 Å². The molecule has 0 aliphatic carbocycles. The molecule has 1 aliphatic rings. The van der Waals surface area contributed by atoms with E-state index in [1.165, 1.54) is 22.5 Å². The highest BCUT2D eigenvalue weighted by atomic mass is 32.2. The van der Waals surface area contributed by atoms with Crippen molar-refractivity contribution in [2.45, 2.75) is 25.3 Å². The Morgan fingerprint density at radius 1 is 1.00 bits per heavy atom. The zero-order valence-corrected chi connectivity index (χ0v) is 19.0. The fourth-order valence-corrected chi connectivity index (χ4v) is 4.90.